The molecule has 0 heterocycles. The Morgan fingerprint density at radius 3 is 2.80 bits per heavy atom. The third-order valence-electron chi connectivity index (χ3n) is 2.93. The summed E-state index contributed by atoms with van der Waals surface area (Å²) in [6.07, 6.45) is -0.0658. The van der Waals surface area contributed by atoms with E-state index in [0.717, 1.165) is 4.47 Å². The smallest absolute Gasteiger partial charge is 0.169 e. The minimum atomic E-state index is -0.517. The molecule has 2 N–H and O–H groups in total. The van der Waals surface area contributed by atoms with Crippen LogP contribution >= 0.6 is 15.9 Å². The van der Waals surface area contributed by atoms with Crippen LogP contribution in [-0.4, -0.2) is 12.9 Å². The van der Waals surface area contributed by atoms with Crippen molar-refractivity contribution in [2.24, 2.45) is 0 Å². The summed E-state index contributed by atoms with van der Waals surface area (Å²) in [5, 5.41) is 0. The summed E-state index contributed by atoms with van der Waals surface area (Å²) in [6.45, 7) is 0. The fourth-order valence-electron chi connectivity index (χ4n) is 1.89. The summed E-state index contributed by atoms with van der Waals surface area (Å²) in [7, 11) is 1.39. The van der Waals surface area contributed by atoms with Crippen LogP contribution in [0.15, 0.2) is 40.9 Å². The third kappa shape index (κ3) is 2.99. The molecule has 0 radical (unpaired) electrons. The van der Waals surface area contributed by atoms with Crippen molar-refractivity contribution in [2.45, 2.75) is 6.42 Å². The van der Waals surface area contributed by atoms with Crippen molar-refractivity contribution in [3.05, 3.63) is 57.8 Å². The number of methoxy groups -OCH3 is 1. The topological polar surface area (TPSA) is 52.3 Å². The standard InChI is InChI=1S/C15H13BrFNO2/c1-20-14-4-2-3-9(15(14)17)7-13(19)11-8-10(16)5-6-12(11)18/h2-6,8H,7,18H2,1H3. The quantitative estimate of drug-likeness (QED) is 0.685. The average molecular weight is 338 g/mol. The number of hydrogen-bond acceptors (Lipinski definition) is 3. The van der Waals surface area contributed by atoms with Gasteiger partial charge in [0.15, 0.2) is 17.3 Å². The summed E-state index contributed by atoms with van der Waals surface area (Å²) in [6, 6.07) is 9.74. The Balaban J connectivity index is 2.30. The van der Waals surface area contributed by atoms with Crippen molar-refractivity contribution in [3.8, 4) is 5.75 Å². The molecule has 0 aromatic heterocycles. The van der Waals surface area contributed by atoms with Gasteiger partial charge >= 0.3 is 0 Å². The summed E-state index contributed by atoms with van der Waals surface area (Å²) in [5.41, 5.74) is 6.82. The molecule has 3 nitrogen and oxygen atoms in total. The van der Waals surface area contributed by atoms with Crippen molar-refractivity contribution < 1.29 is 13.9 Å². The second kappa shape index (κ2) is 6.05. The number of ether oxygens (including phenoxy) is 1. The van der Waals surface area contributed by atoms with Crippen molar-refractivity contribution in [1.29, 1.82) is 0 Å². The van der Waals surface area contributed by atoms with E-state index in [0.29, 0.717) is 11.3 Å². The molecule has 0 aliphatic heterocycles. The number of anilines is 1. The molecule has 2 aromatic carbocycles. The van der Waals surface area contributed by atoms with E-state index in [1.54, 1.807) is 30.3 Å². The number of ketones is 1. The van der Waals surface area contributed by atoms with Gasteiger partial charge in [0.1, 0.15) is 0 Å². The zero-order chi connectivity index (χ0) is 14.7. The van der Waals surface area contributed by atoms with Gasteiger partial charge in [0.25, 0.3) is 0 Å². The van der Waals surface area contributed by atoms with Crippen molar-refractivity contribution in [2.75, 3.05) is 12.8 Å². The number of rotatable bonds is 4. The molecule has 0 aliphatic rings. The van der Waals surface area contributed by atoms with Crippen molar-refractivity contribution >= 4 is 27.4 Å². The zero-order valence-corrected chi connectivity index (χ0v) is 12.4. The largest absolute Gasteiger partial charge is 0.494 e. The van der Waals surface area contributed by atoms with Crippen LogP contribution < -0.4 is 10.5 Å². The number of nitrogens with two attached hydrogens (primary N) is 1. The van der Waals surface area contributed by atoms with E-state index in [4.69, 9.17) is 10.5 Å². The molecule has 0 saturated heterocycles. The molecule has 20 heavy (non-hydrogen) atoms. The first-order chi connectivity index (χ1) is 9.52. The fraction of sp³-hybridized carbons (Fsp3) is 0.133. The van der Waals surface area contributed by atoms with Crippen LogP contribution in [-0.2, 0) is 6.42 Å². The van der Waals surface area contributed by atoms with E-state index in [-0.39, 0.29) is 23.5 Å². The van der Waals surface area contributed by atoms with Gasteiger partial charge in [-0.3, -0.25) is 4.79 Å². The van der Waals surface area contributed by atoms with E-state index in [1.807, 2.05) is 0 Å². The van der Waals surface area contributed by atoms with Crippen molar-refractivity contribution in [3.63, 3.8) is 0 Å². The van der Waals surface area contributed by atoms with Crippen LogP contribution in [0.1, 0.15) is 15.9 Å². The van der Waals surface area contributed by atoms with Crippen LogP contribution in [0.25, 0.3) is 0 Å². The molecule has 0 amide bonds. The maximum atomic E-state index is 14.0. The molecule has 0 bridgehead atoms. The molecule has 2 rings (SSSR count). The van der Waals surface area contributed by atoms with Gasteiger partial charge in [-0.15, -0.1) is 0 Å². The first-order valence-corrected chi connectivity index (χ1v) is 6.72. The van der Waals surface area contributed by atoms with Crippen LogP contribution in [0.3, 0.4) is 0 Å². The highest BCUT2D eigenvalue weighted by Crippen LogP contribution is 2.24. The summed E-state index contributed by atoms with van der Waals surface area (Å²) in [4.78, 5) is 12.2. The lowest BCUT2D eigenvalue weighted by molar-refractivity contribution is 0.0992. The zero-order valence-electron chi connectivity index (χ0n) is 10.8. The average Bonchev–Trinajstić information content (AvgIpc) is 2.43. The lowest BCUT2D eigenvalue weighted by Gasteiger charge is -2.08. The Kier molecular flexibility index (Phi) is 4.39. The van der Waals surface area contributed by atoms with Gasteiger partial charge < -0.3 is 10.5 Å². The molecule has 0 unspecified atom stereocenters. The van der Waals surface area contributed by atoms with Gasteiger partial charge in [0.2, 0.25) is 0 Å². The second-order valence-corrected chi connectivity index (χ2v) is 5.18. The molecular weight excluding hydrogens is 325 g/mol. The van der Waals surface area contributed by atoms with Gasteiger partial charge in [-0.05, 0) is 29.8 Å². The molecule has 0 saturated carbocycles. The predicted molar refractivity (Wildman–Crippen MR) is 79.5 cm³/mol. The van der Waals surface area contributed by atoms with Gasteiger partial charge in [-0.2, -0.15) is 0 Å². The Labute approximate surface area is 124 Å². The van der Waals surface area contributed by atoms with Gasteiger partial charge in [-0.25, -0.2) is 4.39 Å². The van der Waals surface area contributed by atoms with E-state index < -0.39 is 5.82 Å². The van der Waals surface area contributed by atoms with E-state index in [9.17, 15) is 9.18 Å². The van der Waals surface area contributed by atoms with Crippen LogP contribution in [0.4, 0.5) is 10.1 Å². The van der Waals surface area contributed by atoms with E-state index in [1.165, 1.54) is 13.2 Å². The highest BCUT2D eigenvalue weighted by molar-refractivity contribution is 9.10. The number of benzene rings is 2. The summed E-state index contributed by atoms with van der Waals surface area (Å²) >= 11 is 3.29. The number of halogens is 2. The minimum absolute atomic E-state index is 0.0658. The Bertz CT molecular complexity index is 658. The number of Topliss-reactive ketones (excluding diaryl/α,β-unsaturated/α-hetero) is 1. The lowest BCUT2D eigenvalue weighted by Crippen LogP contribution is -2.08. The van der Waals surface area contributed by atoms with E-state index >= 15 is 0 Å². The predicted octanol–water partition coefficient (Wildman–Crippen LogP) is 3.60. The Morgan fingerprint density at radius 2 is 2.10 bits per heavy atom. The summed E-state index contributed by atoms with van der Waals surface area (Å²) in [5.74, 6) is -0.634. The number of hydrogen-bond donors (Lipinski definition) is 1. The molecule has 0 fully saturated rings. The Hall–Kier alpha value is -1.88. The van der Waals surface area contributed by atoms with Crippen molar-refractivity contribution in [1.82, 2.24) is 0 Å². The fourth-order valence-corrected chi connectivity index (χ4v) is 2.25. The number of nitrogen functional groups attached to an aromatic ring is 1. The molecule has 0 spiro atoms. The second-order valence-electron chi connectivity index (χ2n) is 4.26. The highest BCUT2D eigenvalue weighted by Gasteiger charge is 2.15. The SMILES string of the molecule is COc1cccc(CC(=O)c2cc(Br)ccc2N)c1F. The minimum Gasteiger partial charge on any atom is -0.494 e. The van der Waals surface area contributed by atoms with Crippen LogP contribution in [0.2, 0.25) is 0 Å². The molecule has 104 valence electrons. The maximum Gasteiger partial charge on any atom is 0.169 e. The maximum absolute atomic E-state index is 14.0. The van der Waals surface area contributed by atoms with Crippen LogP contribution in [0.5, 0.6) is 5.75 Å². The lowest BCUT2D eigenvalue weighted by atomic mass is 10.0. The molecular formula is C15H13BrFNO2. The third-order valence-corrected chi connectivity index (χ3v) is 3.42. The number of carbonyl (C=O) groups excluding carboxylic acids is 1. The summed E-state index contributed by atoms with van der Waals surface area (Å²) < 4.78 is 19.7. The normalized spacial score (nSPS) is 10.3. The first kappa shape index (κ1) is 14.5. The monoisotopic (exact) mass is 337 g/mol. The van der Waals surface area contributed by atoms with Crippen LogP contribution in [0, 0.1) is 5.82 Å². The molecule has 0 atom stereocenters. The van der Waals surface area contributed by atoms with E-state index in [2.05, 4.69) is 15.9 Å². The number of carbonyl (C=O) groups is 1. The molecule has 5 heteroatoms. The van der Waals surface area contributed by atoms with Gasteiger partial charge in [0.05, 0.1) is 7.11 Å². The Morgan fingerprint density at radius 1 is 1.35 bits per heavy atom. The molecule has 0 aliphatic carbocycles. The highest BCUT2D eigenvalue weighted by atomic mass is 79.9. The molecule has 2 aromatic rings. The van der Waals surface area contributed by atoms with Gasteiger partial charge in [-0.1, -0.05) is 28.1 Å². The first-order valence-electron chi connectivity index (χ1n) is 5.92. The van der Waals surface area contributed by atoms with Gasteiger partial charge in [0, 0.05) is 22.1 Å².